The number of hydrogen-bond acceptors (Lipinski definition) is 4. The number of anilines is 1. The maximum absolute atomic E-state index is 11.5. The molecule has 0 aliphatic carbocycles. The van der Waals surface area contributed by atoms with Gasteiger partial charge < -0.3 is 16.0 Å². The lowest BCUT2D eigenvalue weighted by atomic mass is 10.1. The van der Waals surface area contributed by atoms with Crippen LogP contribution in [-0.2, 0) is 11.3 Å². The van der Waals surface area contributed by atoms with E-state index in [1.807, 2.05) is 19.1 Å². The van der Waals surface area contributed by atoms with Crippen molar-refractivity contribution in [1.82, 2.24) is 10.3 Å². The summed E-state index contributed by atoms with van der Waals surface area (Å²) in [5.41, 5.74) is 7.40. The van der Waals surface area contributed by atoms with Crippen molar-refractivity contribution in [1.29, 1.82) is 0 Å². The third kappa shape index (κ3) is 1.99. The highest BCUT2D eigenvalue weighted by atomic mass is 16.2. The molecule has 16 heavy (non-hydrogen) atoms. The van der Waals surface area contributed by atoms with Gasteiger partial charge in [-0.1, -0.05) is 0 Å². The molecule has 1 amide bonds. The lowest BCUT2D eigenvalue weighted by Gasteiger charge is -2.34. The Kier molecular flexibility index (Phi) is 3.05. The van der Waals surface area contributed by atoms with Crippen LogP contribution in [0.15, 0.2) is 18.3 Å². The number of hydrogen-bond donors (Lipinski definition) is 2. The molecule has 0 radical (unpaired) electrons. The second-order valence-corrected chi connectivity index (χ2v) is 3.87. The molecule has 1 saturated heterocycles. The minimum absolute atomic E-state index is 0.0670. The second kappa shape index (κ2) is 4.49. The van der Waals surface area contributed by atoms with Gasteiger partial charge in [-0.15, -0.1) is 0 Å². The molecular weight excluding hydrogens is 204 g/mol. The van der Waals surface area contributed by atoms with E-state index in [1.54, 1.807) is 6.20 Å². The van der Waals surface area contributed by atoms with Crippen LogP contribution >= 0.6 is 0 Å². The fourth-order valence-electron chi connectivity index (χ4n) is 1.89. The Hall–Kier alpha value is -1.62. The fourth-order valence-corrected chi connectivity index (χ4v) is 1.89. The Bertz CT molecular complexity index is 393. The predicted molar refractivity (Wildman–Crippen MR) is 61.9 cm³/mol. The Morgan fingerprint density at radius 3 is 3.25 bits per heavy atom. The summed E-state index contributed by atoms with van der Waals surface area (Å²) in [6.45, 7) is 3.82. The van der Waals surface area contributed by atoms with Crippen molar-refractivity contribution in [2.24, 2.45) is 5.73 Å². The molecule has 2 heterocycles. The molecule has 5 nitrogen and oxygen atoms in total. The Morgan fingerprint density at radius 1 is 1.69 bits per heavy atom. The normalized spacial score (nSPS) is 20.8. The topological polar surface area (TPSA) is 71.2 Å². The van der Waals surface area contributed by atoms with Gasteiger partial charge in [0.2, 0.25) is 5.91 Å². The third-order valence-electron chi connectivity index (χ3n) is 2.84. The number of pyridine rings is 1. The molecule has 5 heteroatoms. The number of carbonyl (C=O) groups excluding carboxylic acids is 1. The van der Waals surface area contributed by atoms with Gasteiger partial charge in [0, 0.05) is 31.5 Å². The summed E-state index contributed by atoms with van der Waals surface area (Å²) in [4.78, 5) is 17.8. The summed E-state index contributed by atoms with van der Waals surface area (Å²) in [6.07, 6.45) is 1.73. The first-order chi connectivity index (χ1) is 7.72. The molecule has 1 aromatic rings. The number of carbonyl (C=O) groups is 1. The fraction of sp³-hybridized carbons (Fsp3) is 0.455. The van der Waals surface area contributed by atoms with E-state index >= 15 is 0 Å². The summed E-state index contributed by atoms with van der Waals surface area (Å²) in [5.74, 6) is 0.0670. The van der Waals surface area contributed by atoms with Crippen molar-refractivity contribution in [2.45, 2.75) is 19.5 Å². The molecule has 0 bridgehead atoms. The van der Waals surface area contributed by atoms with E-state index in [0.29, 0.717) is 13.1 Å². The highest BCUT2D eigenvalue weighted by Gasteiger charge is 2.25. The first-order valence-electron chi connectivity index (χ1n) is 5.41. The average Bonchev–Trinajstić information content (AvgIpc) is 2.33. The third-order valence-corrected chi connectivity index (χ3v) is 2.84. The Labute approximate surface area is 94.6 Å². The summed E-state index contributed by atoms with van der Waals surface area (Å²) in [5, 5.41) is 2.84. The summed E-state index contributed by atoms with van der Waals surface area (Å²) in [6, 6.07) is 3.71. The molecule has 86 valence electrons. The zero-order valence-corrected chi connectivity index (χ0v) is 9.31. The zero-order chi connectivity index (χ0) is 11.5. The van der Waals surface area contributed by atoms with Gasteiger partial charge in [-0.2, -0.15) is 0 Å². The van der Waals surface area contributed by atoms with Crippen molar-refractivity contribution in [3.63, 3.8) is 0 Å². The van der Waals surface area contributed by atoms with Crippen molar-refractivity contribution in [3.05, 3.63) is 24.0 Å². The van der Waals surface area contributed by atoms with E-state index in [2.05, 4.69) is 15.2 Å². The van der Waals surface area contributed by atoms with E-state index in [9.17, 15) is 4.79 Å². The number of rotatable bonds is 2. The number of aromatic nitrogens is 1. The SMILES string of the molecule is CC1C(=O)NCCN1c1ccnc(CN)c1. The molecule has 0 spiro atoms. The largest absolute Gasteiger partial charge is 0.358 e. The van der Waals surface area contributed by atoms with Crippen LogP contribution in [0, 0.1) is 0 Å². The lowest BCUT2D eigenvalue weighted by Crippen LogP contribution is -2.54. The van der Waals surface area contributed by atoms with Gasteiger partial charge in [0.1, 0.15) is 6.04 Å². The van der Waals surface area contributed by atoms with Gasteiger partial charge in [-0.3, -0.25) is 9.78 Å². The van der Waals surface area contributed by atoms with Gasteiger partial charge >= 0.3 is 0 Å². The van der Waals surface area contributed by atoms with Crippen LogP contribution < -0.4 is 16.0 Å². The second-order valence-electron chi connectivity index (χ2n) is 3.87. The van der Waals surface area contributed by atoms with Crippen LogP contribution in [-0.4, -0.2) is 30.0 Å². The summed E-state index contributed by atoms with van der Waals surface area (Å²) in [7, 11) is 0. The van der Waals surface area contributed by atoms with E-state index in [4.69, 9.17) is 5.73 Å². The maximum atomic E-state index is 11.5. The minimum atomic E-state index is -0.137. The molecule has 1 aliphatic heterocycles. The highest BCUT2D eigenvalue weighted by Crippen LogP contribution is 2.18. The molecule has 1 aliphatic rings. The molecule has 1 aromatic heterocycles. The monoisotopic (exact) mass is 220 g/mol. The number of nitrogens with one attached hydrogen (secondary N) is 1. The Morgan fingerprint density at radius 2 is 2.50 bits per heavy atom. The van der Waals surface area contributed by atoms with Crippen LogP contribution in [0.4, 0.5) is 5.69 Å². The van der Waals surface area contributed by atoms with Crippen molar-refractivity contribution in [3.8, 4) is 0 Å². The first-order valence-corrected chi connectivity index (χ1v) is 5.41. The standard InChI is InChI=1S/C11H16N4O/c1-8-11(16)14-4-5-15(8)10-2-3-13-9(6-10)7-12/h2-3,6,8H,4-5,7,12H2,1H3,(H,14,16). The average molecular weight is 220 g/mol. The lowest BCUT2D eigenvalue weighted by molar-refractivity contribution is -0.122. The number of nitrogens with zero attached hydrogens (tertiary/aromatic N) is 2. The van der Waals surface area contributed by atoms with Crippen LogP contribution in [0.1, 0.15) is 12.6 Å². The zero-order valence-electron chi connectivity index (χ0n) is 9.31. The van der Waals surface area contributed by atoms with Crippen molar-refractivity contribution in [2.75, 3.05) is 18.0 Å². The number of amides is 1. The van der Waals surface area contributed by atoms with Crippen LogP contribution in [0.2, 0.25) is 0 Å². The predicted octanol–water partition coefficient (Wildman–Crippen LogP) is -0.135. The van der Waals surface area contributed by atoms with Gasteiger partial charge in [0.05, 0.1) is 5.69 Å². The van der Waals surface area contributed by atoms with Gasteiger partial charge in [-0.05, 0) is 19.1 Å². The van der Waals surface area contributed by atoms with Crippen molar-refractivity contribution < 1.29 is 4.79 Å². The quantitative estimate of drug-likeness (QED) is 0.728. The summed E-state index contributed by atoms with van der Waals surface area (Å²) < 4.78 is 0. The molecule has 1 fully saturated rings. The van der Waals surface area contributed by atoms with E-state index in [1.165, 1.54) is 0 Å². The van der Waals surface area contributed by atoms with Gasteiger partial charge in [-0.25, -0.2) is 0 Å². The molecule has 1 atom stereocenters. The van der Waals surface area contributed by atoms with Crippen molar-refractivity contribution >= 4 is 11.6 Å². The highest BCUT2D eigenvalue weighted by molar-refractivity contribution is 5.86. The van der Waals surface area contributed by atoms with E-state index < -0.39 is 0 Å². The number of piperazine rings is 1. The summed E-state index contributed by atoms with van der Waals surface area (Å²) >= 11 is 0. The van der Waals surface area contributed by atoms with Crippen LogP contribution in [0.3, 0.4) is 0 Å². The van der Waals surface area contributed by atoms with Crippen LogP contribution in [0.25, 0.3) is 0 Å². The van der Waals surface area contributed by atoms with Gasteiger partial charge in [0.15, 0.2) is 0 Å². The number of nitrogens with two attached hydrogens (primary N) is 1. The molecule has 1 unspecified atom stereocenters. The first kappa shape index (κ1) is 10.9. The molecular formula is C11H16N4O. The Balaban J connectivity index is 2.25. The molecule has 0 aromatic carbocycles. The molecule has 2 rings (SSSR count). The molecule has 0 saturated carbocycles. The van der Waals surface area contributed by atoms with Gasteiger partial charge in [0.25, 0.3) is 0 Å². The smallest absolute Gasteiger partial charge is 0.242 e. The van der Waals surface area contributed by atoms with Crippen LogP contribution in [0.5, 0.6) is 0 Å². The molecule has 3 N–H and O–H groups in total. The minimum Gasteiger partial charge on any atom is -0.358 e. The van der Waals surface area contributed by atoms with E-state index in [0.717, 1.165) is 17.9 Å². The van der Waals surface area contributed by atoms with E-state index in [-0.39, 0.29) is 11.9 Å². The maximum Gasteiger partial charge on any atom is 0.242 e.